The highest BCUT2D eigenvalue weighted by molar-refractivity contribution is 8.01. The molecule has 0 atom stereocenters. The van der Waals surface area contributed by atoms with Crippen LogP contribution in [0.15, 0.2) is 34.5 Å². The first-order valence-corrected chi connectivity index (χ1v) is 10.3. The Balaban J connectivity index is 1.75. The van der Waals surface area contributed by atoms with Gasteiger partial charge in [-0.15, -0.1) is 23.1 Å². The summed E-state index contributed by atoms with van der Waals surface area (Å²) in [5.41, 5.74) is 7.60. The lowest BCUT2D eigenvalue weighted by molar-refractivity contribution is -0.115. The van der Waals surface area contributed by atoms with Gasteiger partial charge in [-0.1, -0.05) is 41.7 Å². The minimum absolute atomic E-state index is 0.185. The Morgan fingerprint density at radius 3 is 2.54 bits per heavy atom. The van der Waals surface area contributed by atoms with Crippen molar-refractivity contribution in [2.75, 3.05) is 11.1 Å². The minimum Gasteiger partial charge on any atom is -0.369 e. The zero-order valence-electron chi connectivity index (χ0n) is 14.1. The fourth-order valence-electron chi connectivity index (χ4n) is 2.17. The number of nitrogens with one attached hydrogen (secondary N) is 1. The number of hydrogen-bond acceptors (Lipinski definition) is 7. The predicted octanol–water partition coefficient (Wildman–Crippen LogP) is 3.71. The van der Waals surface area contributed by atoms with Crippen LogP contribution in [0.4, 0.5) is 5.13 Å². The smallest absolute Gasteiger partial charge is 0.269 e. The van der Waals surface area contributed by atoms with Crippen LogP contribution in [0.25, 0.3) is 10.6 Å². The van der Waals surface area contributed by atoms with Gasteiger partial charge >= 0.3 is 0 Å². The van der Waals surface area contributed by atoms with Crippen LogP contribution < -0.4 is 11.1 Å². The molecule has 0 saturated heterocycles. The normalized spacial score (nSPS) is 10.7. The summed E-state index contributed by atoms with van der Waals surface area (Å²) in [4.78, 5) is 32.9. The zero-order chi connectivity index (χ0) is 18.7. The number of anilines is 1. The first-order chi connectivity index (χ1) is 12.4. The molecule has 2 aromatic heterocycles. The molecule has 1 aromatic carbocycles. The molecule has 3 N–H and O–H groups in total. The van der Waals surface area contributed by atoms with Gasteiger partial charge in [-0.2, -0.15) is 0 Å². The number of rotatable bonds is 6. The summed E-state index contributed by atoms with van der Waals surface area (Å²) in [6.45, 7) is 3.65. The van der Waals surface area contributed by atoms with Gasteiger partial charge in [0, 0.05) is 5.56 Å². The molecular formula is C17H16N4O2S3. The monoisotopic (exact) mass is 404 g/mol. The number of thiazole rings is 2. The lowest BCUT2D eigenvalue weighted by Crippen LogP contribution is -2.12. The van der Waals surface area contributed by atoms with Gasteiger partial charge in [-0.25, -0.2) is 9.97 Å². The predicted molar refractivity (Wildman–Crippen MR) is 107 cm³/mol. The summed E-state index contributed by atoms with van der Waals surface area (Å²) in [7, 11) is 0. The first-order valence-electron chi connectivity index (χ1n) is 7.66. The van der Waals surface area contributed by atoms with E-state index in [2.05, 4.69) is 15.3 Å². The van der Waals surface area contributed by atoms with E-state index in [0.717, 1.165) is 20.5 Å². The molecule has 0 aliphatic heterocycles. The van der Waals surface area contributed by atoms with Crippen molar-refractivity contribution >= 4 is 51.4 Å². The number of carbonyl (C=O) groups is 2. The standard InChI is InChI=1S/C17H16N4O2S3/c1-9-13(25-15(19-9)11-6-4-3-5-7-11)14(23)21-17-20-10(2)16(26-17)24-8-12(18)22/h3-7H,8H2,1-2H3,(H2,18,22)(H,20,21,23). The van der Waals surface area contributed by atoms with Crippen LogP contribution >= 0.6 is 34.4 Å². The van der Waals surface area contributed by atoms with Crippen LogP contribution in [0.3, 0.4) is 0 Å². The number of primary amides is 1. The highest BCUT2D eigenvalue weighted by Gasteiger charge is 2.18. The molecule has 2 heterocycles. The lowest BCUT2D eigenvalue weighted by Gasteiger charge is -1.99. The number of hydrogen-bond donors (Lipinski definition) is 2. The molecule has 3 aromatic rings. The number of thioether (sulfide) groups is 1. The molecule has 0 bridgehead atoms. The Morgan fingerprint density at radius 1 is 1.12 bits per heavy atom. The molecule has 0 fully saturated rings. The third-order valence-electron chi connectivity index (χ3n) is 3.34. The van der Waals surface area contributed by atoms with E-state index in [-0.39, 0.29) is 17.6 Å². The molecule has 6 nitrogen and oxygen atoms in total. The van der Waals surface area contributed by atoms with Crippen LogP contribution in [-0.4, -0.2) is 27.5 Å². The summed E-state index contributed by atoms with van der Waals surface area (Å²) < 4.78 is 0.866. The molecule has 0 radical (unpaired) electrons. The van der Waals surface area contributed by atoms with Gasteiger partial charge in [0.2, 0.25) is 5.91 Å². The molecule has 0 unspecified atom stereocenters. The Kier molecular flexibility index (Phi) is 5.70. The summed E-state index contributed by atoms with van der Waals surface area (Å²) in [5, 5.41) is 4.12. The van der Waals surface area contributed by atoms with Crippen molar-refractivity contribution in [2.24, 2.45) is 5.73 Å². The van der Waals surface area contributed by atoms with Crippen molar-refractivity contribution in [1.29, 1.82) is 0 Å². The van der Waals surface area contributed by atoms with Gasteiger partial charge in [-0.3, -0.25) is 14.9 Å². The van der Waals surface area contributed by atoms with E-state index < -0.39 is 0 Å². The zero-order valence-corrected chi connectivity index (χ0v) is 16.6. The van der Waals surface area contributed by atoms with E-state index in [1.54, 1.807) is 0 Å². The Labute approximate surface area is 162 Å². The Hall–Kier alpha value is -2.23. The summed E-state index contributed by atoms with van der Waals surface area (Å²) in [5.74, 6) is -0.436. The SMILES string of the molecule is Cc1nc(NC(=O)c2sc(-c3ccccc3)nc2C)sc1SCC(N)=O. The summed E-state index contributed by atoms with van der Waals surface area (Å²) >= 11 is 4.01. The van der Waals surface area contributed by atoms with Crippen molar-refractivity contribution in [1.82, 2.24) is 9.97 Å². The summed E-state index contributed by atoms with van der Waals surface area (Å²) in [6, 6.07) is 9.75. The number of amides is 2. The second-order valence-electron chi connectivity index (χ2n) is 5.40. The lowest BCUT2D eigenvalue weighted by atomic mass is 10.2. The van der Waals surface area contributed by atoms with Gasteiger partial charge in [0.25, 0.3) is 5.91 Å². The van der Waals surface area contributed by atoms with Crippen molar-refractivity contribution in [3.8, 4) is 10.6 Å². The average Bonchev–Trinajstić information content (AvgIpc) is 3.16. The van der Waals surface area contributed by atoms with Crippen molar-refractivity contribution < 1.29 is 9.59 Å². The molecule has 9 heteroatoms. The van der Waals surface area contributed by atoms with Gasteiger partial charge < -0.3 is 5.73 Å². The van der Waals surface area contributed by atoms with Crippen molar-refractivity contribution in [3.63, 3.8) is 0 Å². The number of benzene rings is 1. The largest absolute Gasteiger partial charge is 0.369 e. The fourth-order valence-corrected chi connectivity index (χ4v) is 5.01. The van der Waals surface area contributed by atoms with E-state index >= 15 is 0 Å². The first kappa shape index (κ1) is 18.6. The molecule has 0 spiro atoms. The third kappa shape index (κ3) is 4.29. The molecule has 0 aliphatic rings. The highest BCUT2D eigenvalue weighted by Crippen LogP contribution is 2.33. The molecular weight excluding hydrogens is 388 g/mol. The second-order valence-corrected chi connectivity index (χ2v) is 8.64. The maximum Gasteiger partial charge on any atom is 0.269 e. The number of carbonyl (C=O) groups excluding carboxylic acids is 2. The van der Waals surface area contributed by atoms with E-state index in [1.807, 2.05) is 44.2 Å². The van der Waals surface area contributed by atoms with Crippen molar-refractivity contribution in [3.05, 3.63) is 46.6 Å². The molecule has 0 saturated carbocycles. The van der Waals surface area contributed by atoms with Crippen molar-refractivity contribution in [2.45, 2.75) is 18.1 Å². The van der Waals surface area contributed by atoms with Crippen LogP contribution in [0.5, 0.6) is 0 Å². The number of nitrogens with zero attached hydrogens (tertiary/aromatic N) is 2. The summed E-state index contributed by atoms with van der Waals surface area (Å²) in [6.07, 6.45) is 0. The van der Waals surface area contributed by atoms with E-state index in [1.165, 1.54) is 34.4 Å². The number of nitrogens with two attached hydrogens (primary N) is 1. The molecule has 0 aliphatic carbocycles. The van der Waals surface area contributed by atoms with Crippen LogP contribution in [-0.2, 0) is 4.79 Å². The quantitative estimate of drug-likeness (QED) is 0.610. The minimum atomic E-state index is -0.387. The Morgan fingerprint density at radius 2 is 1.85 bits per heavy atom. The van der Waals surface area contributed by atoms with Crippen LogP contribution in [0.2, 0.25) is 0 Å². The number of aryl methyl sites for hydroxylation is 2. The van der Waals surface area contributed by atoms with Gasteiger partial charge in [0.05, 0.1) is 21.3 Å². The van der Waals surface area contributed by atoms with E-state index in [4.69, 9.17) is 5.73 Å². The van der Waals surface area contributed by atoms with Crippen LogP contribution in [0, 0.1) is 13.8 Å². The molecule has 134 valence electrons. The maximum absolute atomic E-state index is 12.6. The topological polar surface area (TPSA) is 98.0 Å². The molecule has 26 heavy (non-hydrogen) atoms. The third-order valence-corrected chi connectivity index (χ3v) is 7.01. The van der Waals surface area contributed by atoms with Gasteiger partial charge in [0.15, 0.2) is 5.13 Å². The average molecular weight is 405 g/mol. The fraction of sp³-hybridized carbons (Fsp3) is 0.176. The molecule has 2 amide bonds. The number of aromatic nitrogens is 2. The molecule has 3 rings (SSSR count). The van der Waals surface area contributed by atoms with Gasteiger partial charge in [-0.05, 0) is 13.8 Å². The van der Waals surface area contributed by atoms with Gasteiger partial charge in [0.1, 0.15) is 9.88 Å². The van der Waals surface area contributed by atoms with E-state index in [9.17, 15) is 9.59 Å². The maximum atomic E-state index is 12.6. The Bertz CT molecular complexity index is 950. The van der Waals surface area contributed by atoms with E-state index in [0.29, 0.717) is 15.7 Å². The highest BCUT2D eigenvalue weighted by atomic mass is 32.2. The van der Waals surface area contributed by atoms with Crippen LogP contribution in [0.1, 0.15) is 21.1 Å². The second kappa shape index (κ2) is 7.98.